The molecule has 2 aromatic carbocycles. The maximum atomic E-state index is 13.6. The Bertz CT molecular complexity index is 1140. The van der Waals surface area contributed by atoms with Crippen LogP contribution in [0.4, 0.5) is 26.3 Å². The Hall–Kier alpha value is -3.24. The largest absolute Gasteiger partial charge is 0.416 e. The smallest absolute Gasteiger partial charge is 0.338 e. The van der Waals surface area contributed by atoms with Gasteiger partial charge in [0.25, 0.3) is 5.91 Å². The first-order chi connectivity index (χ1) is 16.3. The Morgan fingerprint density at radius 1 is 1.00 bits per heavy atom. The molecule has 3 rings (SSSR count). The fraction of sp³-hybridized carbons (Fsp3) is 0.417. The highest BCUT2D eigenvalue weighted by Crippen LogP contribution is 2.39. The van der Waals surface area contributed by atoms with Crippen LogP contribution < -0.4 is 0 Å². The van der Waals surface area contributed by atoms with Crippen LogP contribution in [0.15, 0.2) is 41.6 Å². The Morgan fingerprint density at radius 2 is 1.63 bits per heavy atom. The number of rotatable bonds is 7. The summed E-state index contributed by atoms with van der Waals surface area (Å²) in [7, 11) is 0. The number of hydrogen-bond donors (Lipinski definition) is 0. The number of carbonyl (C=O) groups excluding carboxylic acids is 2. The molecular formula is C24H22F6N2O3. The maximum absolute atomic E-state index is 13.6. The molecule has 1 atom stereocenters. The molecule has 0 N–H and O–H groups in total. The molecule has 1 fully saturated rings. The minimum absolute atomic E-state index is 0.00782. The highest BCUT2D eigenvalue weighted by molar-refractivity contribution is 5.85. The molecule has 0 aromatic heterocycles. The van der Waals surface area contributed by atoms with Gasteiger partial charge in [-0.1, -0.05) is 12.1 Å². The van der Waals surface area contributed by atoms with Gasteiger partial charge in [0, 0.05) is 24.2 Å². The van der Waals surface area contributed by atoms with Crippen LogP contribution in [0, 0.1) is 10.8 Å². The molecule has 2 aromatic rings. The van der Waals surface area contributed by atoms with Crippen molar-refractivity contribution in [3.05, 3.63) is 63.6 Å². The predicted molar refractivity (Wildman–Crippen MR) is 115 cm³/mol. The van der Waals surface area contributed by atoms with Crippen molar-refractivity contribution >= 4 is 11.8 Å². The first kappa shape index (κ1) is 26.4. The van der Waals surface area contributed by atoms with Crippen molar-refractivity contribution < 1.29 is 35.9 Å². The Morgan fingerprint density at radius 3 is 2.14 bits per heavy atom. The first-order valence-electron chi connectivity index (χ1n) is 10.8. The van der Waals surface area contributed by atoms with Crippen molar-refractivity contribution in [3.8, 4) is 11.1 Å². The zero-order valence-electron chi connectivity index (χ0n) is 18.8. The highest BCUT2D eigenvalue weighted by Gasteiger charge is 2.36. The molecule has 0 heterocycles. The van der Waals surface area contributed by atoms with Crippen LogP contribution in [-0.2, 0) is 28.5 Å². The predicted octanol–water partition coefficient (Wildman–Crippen LogP) is 6.55. The Kier molecular flexibility index (Phi) is 7.37. The SMILES string of the molecule is CCN(Cc1cc(C(F)(F)F)ccc1-c1cc(C(C)C(=O)N=O)cc(C(F)(F)F)c1)C(=O)C1CC1. The van der Waals surface area contributed by atoms with E-state index in [0.29, 0.717) is 18.9 Å². The molecule has 0 saturated heterocycles. The molecule has 1 aliphatic rings. The third-order valence-corrected chi connectivity index (χ3v) is 5.97. The number of benzene rings is 2. The van der Waals surface area contributed by atoms with Gasteiger partial charge in [-0.05, 0) is 73.2 Å². The molecule has 0 spiro atoms. The summed E-state index contributed by atoms with van der Waals surface area (Å²) in [5.74, 6) is -2.91. The van der Waals surface area contributed by atoms with Gasteiger partial charge in [-0.2, -0.15) is 26.3 Å². The fourth-order valence-electron chi connectivity index (χ4n) is 3.76. The first-order valence-corrected chi connectivity index (χ1v) is 10.8. The molecule has 11 heteroatoms. The molecule has 0 aliphatic heterocycles. The highest BCUT2D eigenvalue weighted by atomic mass is 19.4. The second-order valence-corrected chi connectivity index (χ2v) is 8.49. The lowest BCUT2D eigenvalue weighted by Crippen LogP contribution is -2.31. The van der Waals surface area contributed by atoms with Crippen LogP contribution >= 0.6 is 0 Å². The van der Waals surface area contributed by atoms with Gasteiger partial charge >= 0.3 is 12.4 Å². The van der Waals surface area contributed by atoms with E-state index in [9.17, 15) is 40.8 Å². The summed E-state index contributed by atoms with van der Waals surface area (Å²) in [6.45, 7) is 2.84. The summed E-state index contributed by atoms with van der Waals surface area (Å²) in [6, 6.07) is 5.31. The van der Waals surface area contributed by atoms with E-state index < -0.39 is 35.3 Å². The van der Waals surface area contributed by atoms with Crippen LogP contribution in [0.2, 0.25) is 0 Å². The Balaban J connectivity index is 2.19. The van der Waals surface area contributed by atoms with Gasteiger partial charge in [0.2, 0.25) is 5.91 Å². The topological polar surface area (TPSA) is 66.8 Å². The standard InChI is InChI=1S/C24H22F6N2O3/c1-3-32(22(34)14-4-5-14)12-17-11-18(23(25,26)27)6-7-20(17)16-8-15(13(2)21(33)31-35)9-19(10-16)24(28,29)30/h6-11,13-14H,3-5,12H2,1-2H3. The third-order valence-electron chi connectivity index (χ3n) is 5.97. The molecule has 0 radical (unpaired) electrons. The van der Waals surface area contributed by atoms with E-state index in [1.807, 2.05) is 0 Å². The van der Waals surface area contributed by atoms with E-state index in [1.165, 1.54) is 17.9 Å². The lowest BCUT2D eigenvalue weighted by Gasteiger charge is -2.24. The molecule has 188 valence electrons. The summed E-state index contributed by atoms with van der Waals surface area (Å²) in [5, 5.41) is 2.27. The van der Waals surface area contributed by atoms with E-state index >= 15 is 0 Å². The quantitative estimate of drug-likeness (QED) is 0.320. The van der Waals surface area contributed by atoms with Crippen LogP contribution in [-0.4, -0.2) is 23.3 Å². The van der Waals surface area contributed by atoms with Crippen molar-refractivity contribution in [1.29, 1.82) is 0 Å². The zero-order valence-corrected chi connectivity index (χ0v) is 18.8. The summed E-state index contributed by atoms with van der Waals surface area (Å²) in [6.07, 6.45) is -8.18. The van der Waals surface area contributed by atoms with E-state index in [4.69, 9.17) is 0 Å². The molecular weight excluding hydrogens is 478 g/mol. The summed E-state index contributed by atoms with van der Waals surface area (Å²) in [5.41, 5.74) is -2.35. The number of nitrogens with zero attached hydrogens (tertiary/aromatic N) is 2. The number of halogens is 6. The van der Waals surface area contributed by atoms with Gasteiger partial charge in [0.15, 0.2) is 0 Å². The molecule has 1 saturated carbocycles. The lowest BCUT2D eigenvalue weighted by molar-refractivity contribution is -0.138. The van der Waals surface area contributed by atoms with Crippen molar-refractivity contribution in [2.75, 3.05) is 6.54 Å². The van der Waals surface area contributed by atoms with Gasteiger partial charge in [-0.3, -0.25) is 9.59 Å². The average molecular weight is 500 g/mol. The van der Waals surface area contributed by atoms with Crippen molar-refractivity contribution in [1.82, 2.24) is 4.90 Å². The lowest BCUT2D eigenvalue weighted by atomic mass is 9.90. The second kappa shape index (κ2) is 9.79. The molecule has 35 heavy (non-hydrogen) atoms. The molecule has 1 aliphatic carbocycles. The number of alkyl halides is 6. The van der Waals surface area contributed by atoms with Crippen LogP contribution in [0.3, 0.4) is 0 Å². The van der Waals surface area contributed by atoms with Crippen LogP contribution in [0.5, 0.6) is 0 Å². The van der Waals surface area contributed by atoms with Crippen molar-refractivity contribution in [3.63, 3.8) is 0 Å². The zero-order chi connectivity index (χ0) is 26.1. The summed E-state index contributed by atoms with van der Waals surface area (Å²) < 4.78 is 81.2. The summed E-state index contributed by atoms with van der Waals surface area (Å²) >= 11 is 0. The van der Waals surface area contributed by atoms with E-state index in [1.54, 1.807) is 6.92 Å². The minimum Gasteiger partial charge on any atom is -0.338 e. The fourth-order valence-corrected chi connectivity index (χ4v) is 3.76. The van der Waals surface area contributed by atoms with Crippen LogP contribution in [0.25, 0.3) is 11.1 Å². The number of nitroso groups, excluding NO2 is 1. The monoisotopic (exact) mass is 500 g/mol. The van der Waals surface area contributed by atoms with Gasteiger partial charge in [-0.15, -0.1) is 4.91 Å². The Labute approximate surface area is 197 Å². The number of carbonyl (C=O) groups is 2. The van der Waals surface area contributed by atoms with E-state index in [0.717, 1.165) is 24.3 Å². The average Bonchev–Trinajstić information content (AvgIpc) is 3.65. The minimum atomic E-state index is -4.83. The number of hydrogen-bond acceptors (Lipinski definition) is 3. The van der Waals surface area contributed by atoms with Crippen molar-refractivity contribution in [2.24, 2.45) is 11.1 Å². The normalized spacial score (nSPS) is 15.0. The maximum Gasteiger partial charge on any atom is 0.416 e. The molecule has 0 bridgehead atoms. The summed E-state index contributed by atoms with van der Waals surface area (Å²) in [4.78, 5) is 36.4. The second-order valence-electron chi connectivity index (χ2n) is 8.49. The van der Waals surface area contributed by atoms with Gasteiger partial charge in [-0.25, -0.2) is 0 Å². The van der Waals surface area contributed by atoms with E-state index in [2.05, 4.69) is 5.18 Å². The van der Waals surface area contributed by atoms with Crippen molar-refractivity contribution in [2.45, 2.75) is 51.5 Å². The van der Waals surface area contributed by atoms with E-state index in [-0.39, 0.29) is 47.2 Å². The molecule has 1 unspecified atom stereocenters. The van der Waals surface area contributed by atoms with Gasteiger partial charge < -0.3 is 4.90 Å². The van der Waals surface area contributed by atoms with Gasteiger partial charge in [0.1, 0.15) is 0 Å². The van der Waals surface area contributed by atoms with Crippen LogP contribution in [0.1, 0.15) is 54.9 Å². The molecule has 5 nitrogen and oxygen atoms in total. The molecule has 2 amide bonds. The third kappa shape index (κ3) is 6.07. The number of amides is 2. The van der Waals surface area contributed by atoms with Gasteiger partial charge in [0.05, 0.1) is 17.0 Å².